The molecule has 0 fully saturated rings. The minimum atomic E-state index is -2.85. The molecule has 3 rings (SSSR count). The van der Waals surface area contributed by atoms with Crippen molar-refractivity contribution in [1.82, 2.24) is 9.88 Å². The average Bonchev–Trinajstić information content (AvgIpc) is 2.67. The number of amides is 1. The predicted molar refractivity (Wildman–Crippen MR) is 107 cm³/mol. The maximum Gasteiger partial charge on any atom is 0.387 e. The van der Waals surface area contributed by atoms with Crippen LogP contribution in [0.25, 0.3) is 10.9 Å². The van der Waals surface area contributed by atoms with Crippen LogP contribution in [0.15, 0.2) is 59.6 Å². The number of rotatable bonds is 7. The third-order valence-corrected chi connectivity index (χ3v) is 5.13. The fourth-order valence-electron chi connectivity index (χ4n) is 2.78. The minimum Gasteiger partial charge on any atom is -0.435 e. The SMILES string of the molecule is Cc1cc(SCC(=O)N(C)Cc2ccc(OC(F)F)cc2)nc2ccccc12. The average molecular weight is 402 g/mol. The number of carbonyl (C=O) groups excluding carboxylic acids is 1. The molecule has 3 aromatic rings. The van der Waals surface area contributed by atoms with Crippen LogP contribution in [0.2, 0.25) is 0 Å². The van der Waals surface area contributed by atoms with E-state index in [1.165, 1.54) is 23.9 Å². The number of nitrogens with zero attached hydrogens (tertiary/aromatic N) is 2. The van der Waals surface area contributed by atoms with Crippen LogP contribution in [-0.4, -0.2) is 35.2 Å². The minimum absolute atomic E-state index is 0.0366. The number of pyridine rings is 1. The number of hydrogen-bond donors (Lipinski definition) is 0. The van der Waals surface area contributed by atoms with E-state index >= 15 is 0 Å². The van der Waals surface area contributed by atoms with Gasteiger partial charge in [0.15, 0.2) is 0 Å². The Morgan fingerprint density at radius 1 is 1.18 bits per heavy atom. The molecule has 0 aliphatic rings. The molecule has 4 nitrogen and oxygen atoms in total. The van der Waals surface area contributed by atoms with Crippen LogP contribution in [0.5, 0.6) is 5.75 Å². The number of carbonyl (C=O) groups is 1. The molecule has 0 bridgehead atoms. The van der Waals surface area contributed by atoms with Crippen molar-refractivity contribution < 1.29 is 18.3 Å². The van der Waals surface area contributed by atoms with E-state index in [-0.39, 0.29) is 17.4 Å². The van der Waals surface area contributed by atoms with Crippen LogP contribution in [0, 0.1) is 6.92 Å². The van der Waals surface area contributed by atoms with Crippen molar-refractivity contribution in [1.29, 1.82) is 0 Å². The van der Waals surface area contributed by atoms with Crippen molar-refractivity contribution in [3.63, 3.8) is 0 Å². The predicted octanol–water partition coefficient (Wildman–Crippen LogP) is 4.90. The van der Waals surface area contributed by atoms with Gasteiger partial charge in [0.2, 0.25) is 5.91 Å². The Balaban J connectivity index is 1.57. The highest BCUT2D eigenvalue weighted by Crippen LogP contribution is 2.24. The summed E-state index contributed by atoms with van der Waals surface area (Å²) in [6.45, 7) is -0.429. The number of hydrogen-bond acceptors (Lipinski definition) is 4. The topological polar surface area (TPSA) is 42.4 Å². The molecular formula is C21H20F2N2O2S. The van der Waals surface area contributed by atoms with Crippen molar-refractivity contribution in [3.05, 3.63) is 65.7 Å². The summed E-state index contributed by atoms with van der Waals surface area (Å²) in [5.41, 5.74) is 2.87. The maximum absolute atomic E-state index is 12.4. The first-order chi connectivity index (χ1) is 13.4. The summed E-state index contributed by atoms with van der Waals surface area (Å²) in [6.07, 6.45) is 0. The lowest BCUT2D eigenvalue weighted by Crippen LogP contribution is -2.27. The molecule has 2 aromatic carbocycles. The van der Waals surface area contributed by atoms with Crippen molar-refractivity contribution in [2.75, 3.05) is 12.8 Å². The molecule has 0 saturated carbocycles. The van der Waals surface area contributed by atoms with Gasteiger partial charge in [0.05, 0.1) is 16.3 Å². The zero-order valence-corrected chi connectivity index (χ0v) is 16.4. The molecule has 0 N–H and O–H groups in total. The van der Waals surface area contributed by atoms with Gasteiger partial charge in [0.1, 0.15) is 5.75 Å². The molecule has 0 aliphatic heterocycles. The van der Waals surface area contributed by atoms with Gasteiger partial charge in [-0.25, -0.2) is 4.98 Å². The van der Waals surface area contributed by atoms with E-state index in [0.29, 0.717) is 6.54 Å². The third-order valence-electron chi connectivity index (χ3n) is 4.24. The molecule has 28 heavy (non-hydrogen) atoms. The second-order valence-corrected chi connectivity index (χ2v) is 7.35. The molecule has 0 aliphatic carbocycles. The summed E-state index contributed by atoms with van der Waals surface area (Å²) in [5.74, 6) is 0.333. The van der Waals surface area contributed by atoms with Crippen LogP contribution in [0.3, 0.4) is 0 Å². The molecule has 146 valence electrons. The van der Waals surface area contributed by atoms with E-state index in [9.17, 15) is 13.6 Å². The van der Waals surface area contributed by atoms with E-state index in [0.717, 1.165) is 27.1 Å². The number of aryl methyl sites for hydroxylation is 1. The number of ether oxygens (including phenoxy) is 1. The highest BCUT2D eigenvalue weighted by atomic mass is 32.2. The first kappa shape index (κ1) is 20.1. The standard InChI is InChI=1S/C21H20F2N2O2S/c1-14-11-19(24-18-6-4-3-5-17(14)18)28-13-20(26)25(2)12-15-7-9-16(10-8-15)27-21(22)23/h3-11,21H,12-13H2,1-2H3. The zero-order valence-electron chi connectivity index (χ0n) is 15.6. The van der Waals surface area contributed by atoms with Crippen LogP contribution in [0.1, 0.15) is 11.1 Å². The highest BCUT2D eigenvalue weighted by molar-refractivity contribution is 7.99. The van der Waals surface area contributed by atoms with Crippen LogP contribution < -0.4 is 4.74 Å². The zero-order chi connectivity index (χ0) is 20.1. The lowest BCUT2D eigenvalue weighted by molar-refractivity contribution is -0.127. The Hall–Kier alpha value is -2.67. The largest absolute Gasteiger partial charge is 0.435 e. The Labute approximate surface area is 166 Å². The van der Waals surface area contributed by atoms with E-state index in [1.807, 2.05) is 37.3 Å². The summed E-state index contributed by atoms with van der Waals surface area (Å²) in [5, 5.41) is 1.92. The lowest BCUT2D eigenvalue weighted by atomic mass is 10.1. The third kappa shape index (κ3) is 5.19. The second-order valence-electron chi connectivity index (χ2n) is 6.36. The van der Waals surface area contributed by atoms with Gasteiger partial charge in [-0.05, 0) is 42.3 Å². The Morgan fingerprint density at radius 3 is 2.61 bits per heavy atom. The number of halogens is 2. The summed E-state index contributed by atoms with van der Waals surface area (Å²) in [6, 6.07) is 16.2. The smallest absolute Gasteiger partial charge is 0.387 e. The van der Waals surface area contributed by atoms with Gasteiger partial charge in [-0.2, -0.15) is 8.78 Å². The normalized spacial score (nSPS) is 11.0. The summed E-state index contributed by atoms with van der Waals surface area (Å²) in [4.78, 5) is 18.6. The number of alkyl halides is 2. The van der Waals surface area contributed by atoms with Crippen LogP contribution in [-0.2, 0) is 11.3 Å². The van der Waals surface area contributed by atoms with Gasteiger partial charge in [0.25, 0.3) is 0 Å². The number of aromatic nitrogens is 1. The number of para-hydroxylation sites is 1. The second kappa shape index (κ2) is 9.01. The van der Waals surface area contributed by atoms with E-state index < -0.39 is 6.61 Å². The van der Waals surface area contributed by atoms with Gasteiger partial charge < -0.3 is 9.64 Å². The summed E-state index contributed by atoms with van der Waals surface area (Å²) >= 11 is 1.40. The van der Waals surface area contributed by atoms with Gasteiger partial charge in [0, 0.05) is 19.0 Å². The van der Waals surface area contributed by atoms with E-state index in [4.69, 9.17) is 0 Å². The van der Waals surface area contributed by atoms with Crippen molar-refractivity contribution in [2.45, 2.75) is 25.1 Å². The van der Waals surface area contributed by atoms with Gasteiger partial charge in [-0.1, -0.05) is 42.1 Å². The van der Waals surface area contributed by atoms with Crippen molar-refractivity contribution in [2.24, 2.45) is 0 Å². The molecule has 0 atom stereocenters. The fraction of sp³-hybridized carbons (Fsp3) is 0.238. The molecule has 1 amide bonds. The molecular weight excluding hydrogens is 382 g/mol. The van der Waals surface area contributed by atoms with Crippen molar-refractivity contribution >= 4 is 28.6 Å². The first-order valence-corrected chi connectivity index (χ1v) is 9.68. The van der Waals surface area contributed by atoms with Crippen molar-refractivity contribution in [3.8, 4) is 5.75 Å². The Bertz CT molecular complexity index is 964. The molecule has 0 radical (unpaired) electrons. The number of thioether (sulfide) groups is 1. The maximum atomic E-state index is 12.4. The fourth-order valence-corrected chi connectivity index (χ4v) is 3.69. The summed E-state index contributed by atoms with van der Waals surface area (Å²) < 4.78 is 28.7. The van der Waals surface area contributed by atoms with Gasteiger partial charge in [-0.15, -0.1) is 0 Å². The lowest BCUT2D eigenvalue weighted by Gasteiger charge is -2.17. The monoisotopic (exact) mass is 402 g/mol. The highest BCUT2D eigenvalue weighted by Gasteiger charge is 2.12. The molecule has 0 unspecified atom stereocenters. The molecule has 0 spiro atoms. The molecule has 1 heterocycles. The van der Waals surface area contributed by atoms with Gasteiger partial charge in [-0.3, -0.25) is 4.79 Å². The molecule has 7 heteroatoms. The molecule has 0 saturated heterocycles. The quantitative estimate of drug-likeness (QED) is 0.528. The first-order valence-electron chi connectivity index (χ1n) is 8.69. The summed E-state index contributed by atoms with van der Waals surface area (Å²) in [7, 11) is 1.71. The van der Waals surface area contributed by atoms with Gasteiger partial charge >= 0.3 is 6.61 Å². The van der Waals surface area contributed by atoms with E-state index in [2.05, 4.69) is 9.72 Å². The molecule has 1 aromatic heterocycles. The van der Waals surface area contributed by atoms with Crippen LogP contribution >= 0.6 is 11.8 Å². The number of fused-ring (bicyclic) bond motifs is 1. The van der Waals surface area contributed by atoms with E-state index in [1.54, 1.807) is 24.1 Å². The Morgan fingerprint density at radius 2 is 1.89 bits per heavy atom. The van der Waals surface area contributed by atoms with Crippen LogP contribution in [0.4, 0.5) is 8.78 Å². The number of benzene rings is 2. The Kier molecular flexibility index (Phi) is 6.46.